The number of benzene rings is 2. The van der Waals surface area contributed by atoms with Gasteiger partial charge in [0, 0.05) is 13.1 Å². The van der Waals surface area contributed by atoms with Crippen molar-refractivity contribution in [3.63, 3.8) is 0 Å². The highest BCUT2D eigenvalue weighted by Gasteiger charge is 2.40. The molecule has 0 saturated carbocycles. The maximum Gasteiger partial charge on any atom is 0.313 e. The zero-order chi connectivity index (χ0) is 21.6. The fraction of sp³-hybridized carbons (Fsp3) is 0.217. The molecule has 2 heterocycles. The summed E-state index contributed by atoms with van der Waals surface area (Å²) in [5.74, 6) is -1.33. The molecule has 7 nitrogen and oxygen atoms in total. The van der Waals surface area contributed by atoms with E-state index in [0.29, 0.717) is 16.7 Å². The number of fused-ring (bicyclic) bond motifs is 1. The first-order chi connectivity index (χ1) is 14.3. The van der Waals surface area contributed by atoms with E-state index in [-0.39, 0.29) is 22.8 Å². The molecule has 2 aromatic carbocycles. The molecule has 0 radical (unpaired) electrons. The van der Waals surface area contributed by atoms with Crippen LogP contribution in [0.25, 0.3) is 11.0 Å². The number of aryl methyl sites for hydroxylation is 2. The van der Waals surface area contributed by atoms with Gasteiger partial charge in [0.1, 0.15) is 11.3 Å². The van der Waals surface area contributed by atoms with Crippen molar-refractivity contribution in [2.24, 2.45) is 4.99 Å². The number of hydrogen-bond donors (Lipinski definition) is 0. The molecule has 2 amide bonds. The summed E-state index contributed by atoms with van der Waals surface area (Å²) in [6, 6.07) is 13.4. The van der Waals surface area contributed by atoms with E-state index < -0.39 is 11.9 Å². The molecule has 1 atom stereocenters. The van der Waals surface area contributed by atoms with Crippen molar-refractivity contribution in [1.29, 1.82) is 0 Å². The fourth-order valence-corrected chi connectivity index (χ4v) is 3.67. The van der Waals surface area contributed by atoms with Crippen molar-refractivity contribution in [3.8, 4) is 0 Å². The van der Waals surface area contributed by atoms with Gasteiger partial charge in [-0.25, -0.2) is 15.0 Å². The molecule has 0 bridgehead atoms. The molecule has 7 heteroatoms. The van der Waals surface area contributed by atoms with Gasteiger partial charge in [0.25, 0.3) is 5.91 Å². The quantitative estimate of drug-likeness (QED) is 0.656. The summed E-state index contributed by atoms with van der Waals surface area (Å²) in [6.45, 7) is 5.49. The van der Waals surface area contributed by atoms with Crippen molar-refractivity contribution in [3.05, 3.63) is 75.6 Å². The van der Waals surface area contributed by atoms with E-state index >= 15 is 0 Å². The minimum atomic E-state index is -0.757. The van der Waals surface area contributed by atoms with E-state index in [9.17, 15) is 14.4 Å². The number of amides is 2. The molecule has 1 unspecified atom stereocenters. The van der Waals surface area contributed by atoms with Gasteiger partial charge in [0.2, 0.25) is 0 Å². The second-order valence-corrected chi connectivity index (χ2v) is 7.44. The minimum absolute atomic E-state index is 0.0923. The van der Waals surface area contributed by atoms with Crippen LogP contribution in [0.4, 0.5) is 5.69 Å². The zero-order valence-electron chi connectivity index (χ0n) is 17.2. The van der Waals surface area contributed by atoms with Crippen LogP contribution in [-0.2, 0) is 4.79 Å². The second kappa shape index (κ2) is 7.35. The average Bonchev–Trinajstić information content (AvgIpc) is 2.92. The van der Waals surface area contributed by atoms with Gasteiger partial charge in [-0.1, -0.05) is 24.3 Å². The first-order valence-corrected chi connectivity index (χ1v) is 9.58. The third kappa shape index (κ3) is 3.23. The number of rotatable bonds is 2. The van der Waals surface area contributed by atoms with Crippen LogP contribution in [0.15, 0.2) is 62.7 Å². The molecule has 0 aliphatic carbocycles. The Morgan fingerprint density at radius 2 is 1.77 bits per heavy atom. The van der Waals surface area contributed by atoms with Crippen molar-refractivity contribution >= 4 is 34.2 Å². The predicted octanol–water partition coefficient (Wildman–Crippen LogP) is 3.27. The first kappa shape index (κ1) is 19.7. The summed E-state index contributed by atoms with van der Waals surface area (Å²) in [5.41, 5.74) is 2.49. The van der Waals surface area contributed by atoms with E-state index in [0.717, 1.165) is 17.2 Å². The van der Waals surface area contributed by atoms with Crippen molar-refractivity contribution < 1.29 is 14.0 Å². The lowest BCUT2D eigenvalue weighted by Crippen LogP contribution is -2.38. The lowest BCUT2D eigenvalue weighted by molar-refractivity contribution is -0.113. The normalized spacial score (nSPS) is 18.5. The number of para-hydroxylation sites is 1. The van der Waals surface area contributed by atoms with Gasteiger partial charge in [-0.15, -0.1) is 0 Å². The van der Waals surface area contributed by atoms with Crippen LogP contribution in [0.5, 0.6) is 0 Å². The van der Waals surface area contributed by atoms with Gasteiger partial charge in [0.05, 0.1) is 17.1 Å². The number of carbonyl (C=O) groups is 2. The molecular weight excluding hydrogens is 382 g/mol. The fourth-order valence-electron chi connectivity index (χ4n) is 3.67. The summed E-state index contributed by atoms with van der Waals surface area (Å²) >= 11 is 0. The van der Waals surface area contributed by atoms with Gasteiger partial charge < -0.3 is 4.42 Å². The highest BCUT2D eigenvalue weighted by atomic mass is 16.3. The molecule has 4 rings (SSSR count). The number of aliphatic imine (C=N–C) groups is 1. The van der Waals surface area contributed by atoms with Gasteiger partial charge >= 0.3 is 5.91 Å². The molecule has 0 N–H and O–H groups in total. The van der Waals surface area contributed by atoms with Crippen molar-refractivity contribution in [2.75, 3.05) is 12.1 Å². The first-order valence-electron chi connectivity index (χ1n) is 9.58. The molecule has 1 aliphatic rings. The molecule has 1 aliphatic heterocycles. The van der Waals surface area contributed by atoms with E-state index in [1.807, 2.05) is 38.1 Å². The Bertz CT molecular complexity index is 1260. The third-order valence-electron chi connectivity index (χ3n) is 5.28. The van der Waals surface area contributed by atoms with Gasteiger partial charge in [-0.3, -0.25) is 14.4 Å². The highest BCUT2D eigenvalue weighted by Crippen LogP contribution is 2.25. The molecule has 0 spiro atoms. The van der Waals surface area contributed by atoms with Crippen LogP contribution in [0.1, 0.15) is 28.6 Å². The standard InChI is InChI=1S/C23H21N3O4/c1-13-10-14(2)21-17(11-13)18(27)12-19(30-21)22(28)24-20-15(3)25(4)26(23(20)29)16-8-6-5-7-9-16/h5-12,15H,1-4H3. The topological polar surface area (TPSA) is 83.2 Å². The number of hydrogen-bond acceptors (Lipinski definition) is 5. The summed E-state index contributed by atoms with van der Waals surface area (Å²) in [6.07, 6.45) is 0. The van der Waals surface area contributed by atoms with Crippen molar-refractivity contribution in [2.45, 2.75) is 26.8 Å². The Hall–Kier alpha value is -3.58. The molecular formula is C23H21N3O4. The molecule has 3 aromatic rings. The molecule has 30 heavy (non-hydrogen) atoms. The van der Waals surface area contributed by atoms with Crippen molar-refractivity contribution in [1.82, 2.24) is 5.01 Å². The predicted molar refractivity (Wildman–Crippen MR) is 115 cm³/mol. The smallest absolute Gasteiger partial charge is 0.313 e. The minimum Gasteiger partial charge on any atom is -0.450 e. The van der Waals surface area contributed by atoms with Gasteiger partial charge in [-0.2, -0.15) is 0 Å². The van der Waals surface area contributed by atoms with Crippen LogP contribution in [0.3, 0.4) is 0 Å². The third-order valence-corrected chi connectivity index (χ3v) is 5.28. The van der Waals surface area contributed by atoms with Crippen LogP contribution in [0.2, 0.25) is 0 Å². The molecule has 1 fully saturated rings. The van der Waals surface area contributed by atoms with Crippen LogP contribution >= 0.6 is 0 Å². The number of nitrogens with zero attached hydrogens (tertiary/aromatic N) is 3. The van der Waals surface area contributed by atoms with E-state index in [1.165, 1.54) is 5.01 Å². The summed E-state index contributed by atoms with van der Waals surface area (Å²) in [5, 5.41) is 3.60. The number of carbonyl (C=O) groups excluding carboxylic acids is 2. The highest BCUT2D eigenvalue weighted by molar-refractivity contribution is 6.48. The zero-order valence-corrected chi connectivity index (χ0v) is 17.2. The number of anilines is 1. The van der Waals surface area contributed by atoms with Crippen LogP contribution in [0, 0.1) is 13.8 Å². The maximum absolute atomic E-state index is 13.0. The van der Waals surface area contributed by atoms with E-state index in [2.05, 4.69) is 4.99 Å². The summed E-state index contributed by atoms with van der Waals surface area (Å²) < 4.78 is 5.71. The largest absolute Gasteiger partial charge is 0.450 e. The Balaban J connectivity index is 1.74. The Labute approximate surface area is 173 Å². The SMILES string of the molecule is Cc1cc(C)c2oc(C(=O)N=C3C(=O)N(c4ccccc4)N(C)C3C)cc(=O)c2c1. The van der Waals surface area contributed by atoms with E-state index in [1.54, 1.807) is 37.2 Å². The van der Waals surface area contributed by atoms with Crippen LogP contribution in [-0.4, -0.2) is 35.6 Å². The van der Waals surface area contributed by atoms with E-state index in [4.69, 9.17) is 4.42 Å². The van der Waals surface area contributed by atoms with Gasteiger partial charge in [-0.05, 0) is 50.1 Å². The lowest BCUT2D eigenvalue weighted by Gasteiger charge is -2.25. The monoisotopic (exact) mass is 403 g/mol. The molecule has 1 saturated heterocycles. The molecule has 152 valence electrons. The number of hydrazine groups is 1. The van der Waals surface area contributed by atoms with Crippen LogP contribution < -0.4 is 10.4 Å². The summed E-state index contributed by atoms with van der Waals surface area (Å²) in [4.78, 5) is 42.3. The summed E-state index contributed by atoms with van der Waals surface area (Å²) in [7, 11) is 1.75. The Kier molecular flexibility index (Phi) is 4.83. The lowest BCUT2D eigenvalue weighted by atomic mass is 10.1. The Morgan fingerprint density at radius 1 is 1.07 bits per heavy atom. The maximum atomic E-state index is 13.0. The second-order valence-electron chi connectivity index (χ2n) is 7.44. The molecule has 1 aromatic heterocycles. The Morgan fingerprint density at radius 3 is 2.47 bits per heavy atom. The average molecular weight is 403 g/mol. The van der Waals surface area contributed by atoms with Gasteiger partial charge in [0.15, 0.2) is 11.2 Å².